The normalized spacial score (nSPS) is 13.3. The van der Waals surface area contributed by atoms with Gasteiger partial charge in [0.15, 0.2) is 0 Å². The van der Waals surface area contributed by atoms with Crippen molar-refractivity contribution in [1.29, 1.82) is 0 Å². The van der Waals surface area contributed by atoms with Crippen LogP contribution in [-0.2, 0) is 6.42 Å². The highest BCUT2D eigenvalue weighted by Gasteiger charge is 2.24. The van der Waals surface area contributed by atoms with Crippen LogP contribution in [0, 0.1) is 21.4 Å². The molecule has 1 aromatic rings. The molecule has 0 bridgehead atoms. The van der Waals surface area contributed by atoms with Crippen molar-refractivity contribution >= 4 is 5.69 Å². The summed E-state index contributed by atoms with van der Waals surface area (Å²) in [5.74, 6) is 0.504. The molecule has 1 N–H and O–H groups in total. The van der Waals surface area contributed by atoms with Crippen LogP contribution in [0.25, 0.3) is 0 Å². The first-order valence-corrected chi connectivity index (χ1v) is 6.22. The van der Waals surface area contributed by atoms with Crippen LogP contribution in [0.4, 0.5) is 5.69 Å². The molecule has 1 rings (SSSR count). The molecule has 4 nitrogen and oxygen atoms in total. The average molecular weight is 250 g/mol. The van der Waals surface area contributed by atoms with E-state index in [4.69, 9.17) is 0 Å². The summed E-state index contributed by atoms with van der Waals surface area (Å²) in [7, 11) is 1.95. The molecular formula is C14H22N2O2. The second-order valence-electron chi connectivity index (χ2n) is 5.75. The Kier molecular flexibility index (Phi) is 4.84. The third-order valence-electron chi connectivity index (χ3n) is 3.30. The number of rotatable bonds is 5. The number of nitrogens with zero attached hydrogens (tertiary/aromatic N) is 1. The SMILES string of the molecule is CNCC(Cc1ccc([N+](=O)[O-])cc1)C(C)(C)C. The largest absolute Gasteiger partial charge is 0.319 e. The Hall–Kier alpha value is -1.42. The minimum atomic E-state index is -0.362. The van der Waals surface area contributed by atoms with Crippen LogP contribution in [-0.4, -0.2) is 18.5 Å². The zero-order valence-electron chi connectivity index (χ0n) is 11.6. The van der Waals surface area contributed by atoms with Crippen molar-refractivity contribution < 1.29 is 4.92 Å². The van der Waals surface area contributed by atoms with Crippen molar-refractivity contribution in [2.45, 2.75) is 27.2 Å². The Balaban J connectivity index is 2.78. The summed E-state index contributed by atoms with van der Waals surface area (Å²) >= 11 is 0. The first-order valence-electron chi connectivity index (χ1n) is 6.22. The van der Waals surface area contributed by atoms with Gasteiger partial charge in [-0.3, -0.25) is 10.1 Å². The highest BCUT2D eigenvalue weighted by Crippen LogP contribution is 2.29. The maximum Gasteiger partial charge on any atom is 0.269 e. The molecule has 18 heavy (non-hydrogen) atoms. The average Bonchev–Trinajstić information content (AvgIpc) is 2.28. The van der Waals surface area contributed by atoms with E-state index in [0.29, 0.717) is 5.92 Å². The van der Waals surface area contributed by atoms with Gasteiger partial charge in [-0.1, -0.05) is 32.9 Å². The molecule has 0 amide bonds. The van der Waals surface area contributed by atoms with E-state index in [2.05, 4.69) is 26.1 Å². The van der Waals surface area contributed by atoms with Gasteiger partial charge in [0.25, 0.3) is 5.69 Å². The highest BCUT2D eigenvalue weighted by atomic mass is 16.6. The second kappa shape index (κ2) is 5.96. The topological polar surface area (TPSA) is 55.2 Å². The van der Waals surface area contributed by atoms with Crippen molar-refractivity contribution in [2.75, 3.05) is 13.6 Å². The molecule has 0 saturated heterocycles. The number of hydrogen-bond donors (Lipinski definition) is 1. The van der Waals surface area contributed by atoms with Crippen molar-refractivity contribution in [3.8, 4) is 0 Å². The fourth-order valence-electron chi connectivity index (χ4n) is 1.97. The summed E-state index contributed by atoms with van der Waals surface area (Å²) < 4.78 is 0. The number of benzene rings is 1. The smallest absolute Gasteiger partial charge is 0.269 e. The van der Waals surface area contributed by atoms with Gasteiger partial charge in [0.2, 0.25) is 0 Å². The van der Waals surface area contributed by atoms with Crippen molar-refractivity contribution in [2.24, 2.45) is 11.3 Å². The maximum absolute atomic E-state index is 10.6. The molecule has 0 radical (unpaired) electrons. The van der Waals surface area contributed by atoms with Gasteiger partial charge in [0.05, 0.1) is 4.92 Å². The van der Waals surface area contributed by atoms with Gasteiger partial charge in [-0.2, -0.15) is 0 Å². The lowest BCUT2D eigenvalue weighted by Crippen LogP contribution is -2.31. The Bertz CT molecular complexity index is 393. The first kappa shape index (κ1) is 14.6. The van der Waals surface area contributed by atoms with Crippen LogP contribution in [0.1, 0.15) is 26.3 Å². The van der Waals surface area contributed by atoms with E-state index in [1.54, 1.807) is 12.1 Å². The van der Waals surface area contributed by atoms with Crippen LogP contribution in [0.15, 0.2) is 24.3 Å². The van der Waals surface area contributed by atoms with Gasteiger partial charge in [-0.25, -0.2) is 0 Å². The second-order valence-corrected chi connectivity index (χ2v) is 5.75. The molecule has 4 heteroatoms. The van der Waals surface area contributed by atoms with Crippen molar-refractivity contribution in [3.05, 3.63) is 39.9 Å². The number of nitro benzene ring substituents is 1. The summed E-state index contributed by atoms with van der Waals surface area (Å²) in [5.41, 5.74) is 1.51. The predicted octanol–water partition coefficient (Wildman–Crippen LogP) is 3.02. The number of hydrogen-bond acceptors (Lipinski definition) is 3. The van der Waals surface area contributed by atoms with E-state index in [1.165, 1.54) is 0 Å². The van der Waals surface area contributed by atoms with Gasteiger partial charge < -0.3 is 5.32 Å². The molecule has 0 aliphatic heterocycles. The molecule has 0 spiro atoms. The van der Waals surface area contributed by atoms with E-state index >= 15 is 0 Å². The third kappa shape index (κ3) is 4.11. The minimum absolute atomic E-state index is 0.152. The lowest BCUT2D eigenvalue weighted by molar-refractivity contribution is -0.384. The molecule has 0 aliphatic carbocycles. The summed E-state index contributed by atoms with van der Waals surface area (Å²) in [5, 5.41) is 13.8. The molecule has 0 aliphatic rings. The quantitative estimate of drug-likeness (QED) is 0.645. The first-order chi connectivity index (χ1) is 8.34. The van der Waals surface area contributed by atoms with Gasteiger partial charge in [-0.15, -0.1) is 0 Å². The molecule has 1 unspecified atom stereocenters. The van der Waals surface area contributed by atoms with Gasteiger partial charge in [0, 0.05) is 12.1 Å². The Labute approximate surface area is 109 Å². The van der Waals surface area contributed by atoms with E-state index in [9.17, 15) is 10.1 Å². The van der Waals surface area contributed by atoms with Crippen LogP contribution < -0.4 is 5.32 Å². The molecule has 1 aromatic carbocycles. The highest BCUT2D eigenvalue weighted by molar-refractivity contribution is 5.33. The van der Waals surface area contributed by atoms with E-state index < -0.39 is 0 Å². The molecule has 0 heterocycles. The lowest BCUT2D eigenvalue weighted by atomic mass is 9.77. The fourth-order valence-corrected chi connectivity index (χ4v) is 1.97. The zero-order chi connectivity index (χ0) is 13.8. The summed E-state index contributed by atoms with van der Waals surface area (Å²) in [6.07, 6.45) is 0.933. The number of nitro groups is 1. The minimum Gasteiger partial charge on any atom is -0.319 e. The summed E-state index contributed by atoms with van der Waals surface area (Å²) in [4.78, 5) is 10.2. The molecule has 0 fully saturated rings. The standard InChI is InChI=1S/C14H22N2O2/c1-14(2,3)12(10-15-4)9-11-5-7-13(8-6-11)16(17)18/h5-8,12,15H,9-10H2,1-4H3. The molecular weight excluding hydrogens is 228 g/mol. The van der Waals surface area contributed by atoms with Gasteiger partial charge in [-0.05, 0) is 36.9 Å². The number of nitrogens with one attached hydrogen (secondary N) is 1. The monoisotopic (exact) mass is 250 g/mol. The molecule has 1 atom stereocenters. The third-order valence-corrected chi connectivity index (χ3v) is 3.30. The predicted molar refractivity (Wildman–Crippen MR) is 73.7 cm³/mol. The van der Waals surface area contributed by atoms with E-state index in [1.807, 2.05) is 19.2 Å². The Morgan fingerprint density at radius 3 is 2.22 bits per heavy atom. The zero-order valence-corrected chi connectivity index (χ0v) is 11.6. The fraction of sp³-hybridized carbons (Fsp3) is 0.571. The van der Waals surface area contributed by atoms with Crippen molar-refractivity contribution in [3.63, 3.8) is 0 Å². The van der Waals surface area contributed by atoms with Crippen LogP contribution in [0.3, 0.4) is 0 Å². The van der Waals surface area contributed by atoms with Gasteiger partial charge in [0.1, 0.15) is 0 Å². The lowest BCUT2D eigenvalue weighted by Gasteiger charge is -2.30. The summed E-state index contributed by atoms with van der Waals surface area (Å²) in [6, 6.07) is 6.86. The van der Waals surface area contributed by atoms with Crippen LogP contribution >= 0.6 is 0 Å². The Morgan fingerprint density at radius 1 is 1.28 bits per heavy atom. The van der Waals surface area contributed by atoms with Crippen molar-refractivity contribution in [1.82, 2.24) is 5.32 Å². The van der Waals surface area contributed by atoms with Gasteiger partial charge >= 0.3 is 0 Å². The van der Waals surface area contributed by atoms with Crippen LogP contribution in [0.5, 0.6) is 0 Å². The molecule has 0 saturated carbocycles. The van der Waals surface area contributed by atoms with Crippen LogP contribution in [0.2, 0.25) is 0 Å². The Morgan fingerprint density at radius 2 is 1.83 bits per heavy atom. The summed E-state index contributed by atoms with van der Waals surface area (Å²) in [6.45, 7) is 7.61. The number of non-ortho nitro benzene ring substituents is 1. The molecule has 100 valence electrons. The van der Waals surface area contributed by atoms with E-state index in [0.717, 1.165) is 18.5 Å². The van der Waals surface area contributed by atoms with E-state index in [-0.39, 0.29) is 16.0 Å². The molecule has 0 aromatic heterocycles. The maximum atomic E-state index is 10.6.